The summed E-state index contributed by atoms with van der Waals surface area (Å²) in [4.78, 5) is 26.9. The van der Waals surface area contributed by atoms with Crippen molar-refractivity contribution in [2.24, 2.45) is 13.0 Å². The molecular formula is C22H23N3O4S2. The second-order valence-electron chi connectivity index (χ2n) is 8.10. The Bertz CT molecular complexity index is 1330. The first-order valence-electron chi connectivity index (χ1n) is 10.4. The molecule has 0 unspecified atom stereocenters. The van der Waals surface area contributed by atoms with E-state index in [4.69, 9.17) is 0 Å². The van der Waals surface area contributed by atoms with E-state index in [1.165, 1.54) is 14.4 Å². The van der Waals surface area contributed by atoms with Crippen LogP contribution < -0.4 is 9.77 Å². The molecule has 7 nitrogen and oxygen atoms in total. The van der Waals surface area contributed by atoms with Crippen LogP contribution in [0.1, 0.15) is 18.4 Å². The quantitative estimate of drug-likeness (QED) is 0.606. The van der Waals surface area contributed by atoms with Crippen LogP contribution >= 0.6 is 11.3 Å². The van der Waals surface area contributed by atoms with E-state index in [1.54, 1.807) is 25.2 Å². The average Bonchev–Trinajstić information content (AvgIpc) is 3.34. The summed E-state index contributed by atoms with van der Waals surface area (Å²) in [5.74, 6) is -0.0723. The molecule has 0 N–H and O–H groups in total. The normalized spacial score (nSPS) is 17.9. The highest BCUT2D eigenvalue weighted by Gasteiger charge is 2.35. The lowest BCUT2D eigenvalue weighted by Gasteiger charge is -2.32. The maximum atomic E-state index is 13.2. The number of carbonyl (C=O) groups is 1. The Morgan fingerprint density at radius 3 is 2.58 bits per heavy atom. The van der Waals surface area contributed by atoms with Gasteiger partial charge >= 0.3 is 4.87 Å². The number of piperidine rings is 1. The Morgan fingerprint density at radius 1 is 1.06 bits per heavy atom. The zero-order valence-electron chi connectivity index (χ0n) is 17.2. The van der Waals surface area contributed by atoms with Crippen LogP contribution in [0.2, 0.25) is 0 Å². The first-order chi connectivity index (χ1) is 14.9. The molecule has 0 atom stereocenters. The zero-order valence-corrected chi connectivity index (χ0v) is 18.8. The van der Waals surface area contributed by atoms with Gasteiger partial charge in [-0.05, 0) is 49.1 Å². The van der Waals surface area contributed by atoms with Crippen LogP contribution in [-0.4, -0.2) is 42.8 Å². The first kappa shape index (κ1) is 20.4. The molecule has 1 amide bonds. The summed E-state index contributed by atoms with van der Waals surface area (Å²) in [5.41, 5.74) is 2.90. The van der Waals surface area contributed by atoms with Crippen LogP contribution in [0.4, 0.5) is 5.69 Å². The molecule has 1 saturated heterocycles. The molecule has 1 fully saturated rings. The number of nitrogens with zero attached hydrogens (tertiary/aromatic N) is 3. The number of carbonyl (C=O) groups excluding carboxylic acids is 1. The molecule has 3 aromatic rings. The molecular weight excluding hydrogens is 434 g/mol. The lowest BCUT2D eigenvalue weighted by molar-refractivity contribution is -0.123. The number of hydrogen-bond acceptors (Lipinski definition) is 5. The van der Waals surface area contributed by atoms with Crippen LogP contribution in [0.3, 0.4) is 0 Å². The molecule has 31 heavy (non-hydrogen) atoms. The first-order valence-corrected chi connectivity index (χ1v) is 12.6. The molecule has 2 aromatic carbocycles. The minimum atomic E-state index is -3.67. The van der Waals surface area contributed by atoms with Crippen molar-refractivity contribution in [3.05, 3.63) is 57.7 Å². The molecule has 162 valence electrons. The summed E-state index contributed by atoms with van der Waals surface area (Å²) >= 11 is 1.04. The summed E-state index contributed by atoms with van der Waals surface area (Å²) in [5, 5.41) is 0. The van der Waals surface area contributed by atoms with E-state index in [0.717, 1.165) is 29.0 Å². The van der Waals surface area contributed by atoms with Crippen LogP contribution in [0, 0.1) is 5.92 Å². The van der Waals surface area contributed by atoms with Gasteiger partial charge in [0.1, 0.15) is 0 Å². The number of aromatic nitrogens is 1. The van der Waals surface area contributed by atoms with Gasteiger partial charge in [0.15, 0.2) is 0 Å². The van der Waals surface area contributed by atoms with Crippen LogP contribution in [0.5, 0.6) is 0 Å². The molecule has 2 aliphatic heterocycles. The summed E-state index contributed by atoms with van der Waals surface area (Å²) < 4.78 is 30.0. The highest BCUT2D eigenvalue weighted by atomic mass is 32.2. The predicted octanol–water partition coefficient (Wildman–Crippen LogP) is 2.59. The smallest absolute Gasteiger partial charge is 0.307 e. The van der Waals surface area contributed by atoms with Crippen molar-refractivity contribution in [1.29, 1.82) is 0 Å². The van der Waals surface area contributed by atoms with E-state index in [1.807, 2.05) is 23.1 Å². The molecule has 0 aliphatic carbocycles. The third-order valence-corrected chi connectivity index (χ3v) is 9.25. The van der Waals surface area contributed by atoms with Crippen molar-refractivity contribution in [3.63, 3.8) is 0 Å². The Kier molecular flexibility index (Phi) is 4.99. The number of benzene rings is 2. The molecule has 0 spiro atoms. The maximum Gasteiger partial charge on any atom is 0.307 e. The van der Waals surface area contributed by atoms with Crippen LogP contribution in [-0.2, 0) is 28.3 Å². The second kappa shape index (κ2) is 7.58. The monoisotopic (exact) mass is 457 g/mol. The third kappa shape index (κ3) is 3.40. The molecule has 9 heteroatoms. The Labute approximate surface area is 184 Å². The maximum absolute atomic E-state index is 13.2. The largest absolute Gasteiger partial charge is 0.312 e. The number of para-hydroxylation sites is 1. The molecule has 3 heterocycles. The highest BCUT2D eigenvalue weighted by Crippen LogP contribution is 2.32. The van der Waals surface area contributed by atoms with E-state index in [9.17, 15) is 18.0 Å². The number of aryl methyl sites for hydroxylation is 1. The van der Waals surface area contributed by atoms with Gasteiger partial charge in [0, 0.05) is 38.3 Å². The standard InChI is InChI=1S/C22H23N3O4S2/c1-23-19-7-6-17(14-20(19)30-22(23)27)31(28,29)24-11-8-16(9-12-24)21(26)25-13-10-15-4-2-3-5-18(15)25/h2-7,14,16H,8-13H2,1H3. The molecule has 5 rings (SSSR count). The lowest BCUT2D eigenvalue weighted by Crippen LogP contribution is -2.44. The predicted molar refractivity (Wildman–Crippen MR) is 121 cm³/mol. The van der Waals surface area contributed by atoms with Gasteiger partial charge in [-0.1, -0.05) is 29.5 Å². The fourth-order valence-corrected chi connectivity index (χ4v) is 7.04. The van der Waals surface area contributed by atoms with E-state index in [-0.39, 0.29) is 21.6 Å². The van der Waals surface area contributed by atoms with Crippen molar-refractivity contribution in [2.75, 3.05) is 24.5 Å². The van der Waals surface area contributed by atoms with Crippen molar-refractivity contribution < 1.29 is 13.2 Å². The Balaban J connectivity index is 1.31. The summed E-state index contributed by atoms with van der Waals surface area (Å²) in [6.07, 6.45) is 1.89. The summed E-state index contributed by atoms with van der Waals surface area (Å²) in [6, 6.07) is 12.8. The number of rotatable bonds is 3. The van der Waals surface area contributed by atoms with Gasteiger partial charge < -0.3 is 9.47 Å². The van der Waals surface area contributed by atoms with Crippen LogP contribution in [0.25, 0.3) is 10.2 Å². The molecule has 0 saturated carbocycles. The number of anilines is 1. The molecule has 2 aliphatic rings. The third-order valence-electron chi connectivity index (χ3n) is 6.36. The van der Waals surface area contributed by atoms with Crippen molar-refractivity contribution >= 4 is 43.2 Å². The van der Waals surface area contributed by atoms with Gasteiger partial charge in [-0.3, -0.25) is 9.59 Å². The summed E-state index contributed by atoms with van der Waals surface area (Å²) in [7, 11) is -1.99. The molecule has 0 radical (unpaired) electrons. The fourth-order valence-electron chi connectivity index (χ4n) is 4.55. The SMILES string of the molecule is Cn1c(=O)sc2cc(S(=O)(=O)N3CCC(C(=O)N4CCc5ccccc54)CC3)ccc21. The van der Waals surface area contributed by atoms with Gasteiger partial charge in [-0.15, -0.1) is 0 Å². The minimum Gasteiger partial charge on any atom is -0.312 e. The van der Waals surface area contributed by atoms with E-state index in [0.29, 0.717) is 37.2 Å². The van der Waals surface area contributed by atoms with E-state index in [2.05, 4.69) is 6.07 Å². The van der Waals surface area contributed by atoms with E-state index < -0.39 is 10.0 Å². The minimum absolute atomic E-state index is 0.0949. The van der Waals surface area contributed by atoms with Gasteiger partial charge in [0.2, 0.25) is 15.9 Å². The number of amides is 1. The van der Waals surface area contributed by atoms with Crippen molar-refractivity contribution in [1.82, 2.24) is 8.87 Å². The number of thiazole rings is 1. The van der Waals surface area contributed by atoms with E-state index >= 15 is 0 Å². The Morgan fingerprint density at radius 2 is 1.81 bits per heavy atom. The van der Waals surface area contributed by atoms with Crippen LogP contribution in [0.15, 0.2) is 52.2 Å². The van der Waals surface area contributed by atoms with Gasteiger partial charge in [-0.25, -0.2) is 8.42 Å². The zero-order chi connectivity index (χ0) is 21.8. The second-order valence-corrected chi connectivity index (χ2v) is 11.0. The Hall–Kier alpha value is -2.49. The fraction of sp³-hybridized carbons (Fsp3) is 0.364. The van der Waals surface area contributed by atoms with Gasteiger partial charge in [0.05, 0.1) is 15.1 Å². The average molecular weight is 458 g/mol. The van der Waals surface area contributed by atoms with Gasteiger partial charge in [0.25, 0.3) is 0 Å². The van der Waals surface area contributed by atoms with Crippen molar-refractivity contribution in [2.45, 2.75) is 24.2 Å². The molecule has 1 aromatic heterocycles. The highest BCUT2D eigenvalue weighted by molar-refractivity contribution is 7.89. The van der Waals surface area contributed by atoms with Gasteiger partial charge in [-0.2, -0.15) is 4.31 Å². The number of fused-ring (bicyclic) bond motifs is 2. The number of hydrogen-bond donors (Lipinski definition) is 0. The topological polar surface area (TPSA) is 79.7 Å². The summed E-state index contributed by atoms with van der Waals surface area (Å²) in [6.45, 7) is 1.32. The lowest BCUT2D eigenvalue weighted by atomic mass is 9.96. The molecule has 0 bridgehead atoms. The van der Waals surface area contributed by atoms with Crippen molar-refractivity contribution in [3.8, 4) is 0 Å². The number of sulfonamides is 1.